The van der Waals surface area contributed by atoms with Crippen LogP contribution in [0, 0.1) is 34.5 Å². The summed E-state index contributed by atoms with van der Waals surface area (Å²) in [6.45, 7) is 4.33. The highest BCUT2D eigenvalue weighted by molar-refractivity contribution is 5.94. The van der Waals surface area contributed by atoms with Crippen LogP contribution in [0.3, 0.4) is 0 Å². The first-order chi connectivity index (χ1) is 10.4. The minimum atomic E-state index is -0.518. The molecular formula is C19H25FO2. The van der Waals surface area contributed by atoms with Gasteiger partial charge in [-0.15, -0.1) is 0 Å². The van der Waals surface area contributed by atoms with Crippen LogP contribution in [0.15, 0.2) is 11.9 Å². The Hall–Kier alpha value is -0.990. The van der Waals surface area contributed by atoms with Crippen molar-refractivity contribution in [1.82, 2.24) is 0 Å². The zero-order chi connectivity index (χ0) is 15.7. The van der Waals surface area contributed by atoms with Gasteiger partial charge < -0.3 is 0 Å². The molecule has 0 aromatic heterocycles. The zero-order valence-corrected chi connectivity index (χ0v) is 13.5. The zero-order valence-electron chi connectivity index (χ0n) is 13.5. The molecule has 0 aliphatic heterocycles. The van der Waals surface area contributed by atoms with Crippen LogP contribution in [-0.2, 0) is 9.59 Å². The van der Waals surface area contributed by atoms with Gasteiger partial charge in [-0.3, -0.25) is 9.59 Å². The minimum absolute atomic E-state index is 0.128. The Balaban J connectivity index is 1.72. The van der Waals surface area contributed by atoms with Crippen LogP contribution in [0.4, 0.5) is 4.39 Å². The molecule has 120 valence electrons. The second-order valence-corrected chi connectivity index (χ2v) is 8.55. The topological polar surface area (TPSA) is 34.1 Å². The smallest absolute Gasteiger partial charge is 0.191 e. The average molecular weight is 304 g/mol. The van der Waals surface area contributed by atoms with E-state index in [9.17, 15) is 14.0 Å². The van der Waals surface area contributed by atoms with Gasteiger partial charge in [-0.25, -0.2) is 4.39 Å². The number of rotatable bonds is 0. The Bertz CT molecular complexity index is 580. The number of halogens is 1. The fraction of sp³-hybridized carbons (Fsp3) is 0.789. The average Bonchev–Trinajstić information content (AvgIpc) is 2.77. The summed E-state index contributed by atoms with van der Waals surface area (Å²) in [5.74, 6) is 1.36. The highest BCUT2D eigenvalue weighted by Crippen LogP contribution is 2.64. The lowest BCUT2D eigenvalue weighted by molar-refractivity contribution is -0.135. The molecule has 3 heteroatoms. The van der Waals surface area contributed by atoms with E-state index in [0.717, 1.165) is 38.5 Å². The van der Waals surface area contributed by atoms with E-state index in [2.05, 4.69) is 13.8 Å². The summed E-state index contributed by atoms with van der Waals surface area (Å²) < 4.78 is 14.0. The molecule has 0 unspecified atom stereocenters. The number of hydrogen-bond acceptors (Lipinski definition) is 2. The standard InChI is InChI=1S/C19H25FO2/c1-18-8-7-14-12(13(18)5-6-17(18)22)4-3-11-9-16(21)15(20)10-19(11,14)2/h10-14H,3-9H2,1-2H3/t11-,12-,13-,14-,18-,19-/m0/s1. The number of carbonyl (C=O) groups is 2. The van der Waals surface area contributed by atoms with Crippen molar-refractivity contribution in [2.45, 2.75) is 58.8 Å². The Morgan fingerprint density at radius 2 is 1.86 bits per heavy atom. The normalized spacial score (nSPS) is 51.0. The van der Waals surface area contributed by atoms with Crippen LogP contribution in [-0.4, -0.2) is 11.6 Å². The summed E-state index contributed by atoms with van der Waals surface area (Å²) in [6.07, 6.45) is 7.85. The van der Waals surface area contributed by atoms with Crippen LogP contribution in [0.1, 0.15) is 58.8 Å². The maximum atomic E-state index is 14.0. The molecule has 6 atom stereocenters. The van der Waals surface area contributed by atoms with Crippen molar-refractivity contribution in [1.29, 1.82) is 0 Å². The Morgan fingerprint density at radius 3 is 2.64 bits per heavy atom. The molecule has 0 spiro atoms. The molecule has 4 rings (SSSR count). The molecule has 4 aliphatic rings. The van der Waals surface area contributed by atoms with E-state index < -0.39 is 5.83 Å². The molecule has 0 radical (unpaired) electrons. The molecular weight excluding hydrogens is 279 g/mol. The third kappa shape index (κ3) is 1.71. The predicted molar refractivity (Wildman–Crippen MR) is 81.7 cm³/mol. The van der Waals surface area contributed by atoms with Crippen molar-refractivity contribution in [3.8, 4) is 0 Å². The summed E-state index contributed by atoms with van der Waals surface area (Å²) in [6, 6.07) is 0. The first-order valence-electron chi connectivity index (χ1n) is 8.81. The largest absolute Gasteiger partial charge is 0.299 e. The molecule has 0 bridgehead atoms. The molecule has 2 nitrogen and oxygen atoms in total. The summed E-state index contributed by atoms with van der Waals surface area (Å²) in [5, 5.41) is 0. The molecule has 0 aromatic carbocycles. The molecule has 0 heterocycles. The number of Topliss-reactive ketones (excluding diaryl/α,β-unsaturated/α-hetero) is 2. The van der Waals surface area contributed by atoms with Gasteiger partial charge in [0, 0.05) is 18.3 Å². The predicted octanol–water partition coefficient (Wildman–Crippen LogP) is 4.24. The van der Waals surface area contributed by atoms with Crippen LogP contribution in [0.5, 0.6) is 0 Å². The lowest BCUT2D eigenvalue weighted by atomic mass is 9.46. The van der Waals surface area contributed by atoms with E-state index in [1.54, 1.807) is 6.08 Å². The molecule has 0 aromatic rings. The number of carbonyl (C=O) groups excluding carboxylic acids is 2. The van der Waals surface area contributed by atoms with E-state index in [-0.39, 0.29) is 16.6 Å². The second kappa shape index (κ2) is 4.52. The number of hydrogen-bond donors (Lipinski definition) is 0. The number of allylic oxidation sites excluding steroid dienone is 2. The number of ketones is 2. The van der Waals surface area contributed by atoms with E-state index in [0.29, 0.717) is 35.9 Å². The third-order valence-corrected chi connectivity index (χ3v) is 7.81. The van der Waals surface area contributed by atoms with Gasteiger partial charge in [0.25, 0.3) is 0 Å². The molecule has 0 saturated heterocycles. The Labute approximate surface area is 131 Å². The van der Waals surface area contributed by atoms with Gasteiger partial charge in [0.2, 0.25) is 0 Å². The van der Waals surface area contributed by atoms with Crippen LogP contribution in [0.25, 0.3) is 0 Å². The van der Waals surface area contributed by atoms with Crippen molar-refractivity contribution >= 4 is 11.6 Å². The van der Waals surface area contributed by atoms with Gasteiger partial charge >= 0.3 is 0 Å². The quantitative estimate of drug-likeness (QED) is 0.671. The van der Waals surface area contributed by atoms with Crippen molar-refractivity contribution in [3.63, 3.8) is 0 Å². The minimum Gasteiger partial charge on any atom is -0.299 e. The fourth-order valence-electron chi connectivity index (χ4n) is 6.46. The lowest BCUT2D eigenvalue weighted by Gasteiger charge is -2.57. The van der Waals surface area contributed by atoms with Gasteiger partial charge in [0.05, 0.1) is 0 Å². The van der Waals surface area contributed by atoms with E-state index in [4.69, 9.17) is 0 Å². The highest BCUT2D eigenvalue weighted by Gasteiger charge is 2.60. The SMILES string of the molecule is C[C@]12C=C(F)C(=O)C[C@@H]1CC[C@@H]1[C@@H]2CC[C@]2(C)C(=O)CC[C@@H]12. The summed E-state index contributed by atoms with van der Waals surface area (Å²) in [5.41, 5.74) is -0.314. The number of fused-ring (bicyclic) bond motifs is 5. The van der Waals surface area contributed by atoms with Crippen molar-refractivity contribution in [3.05, 3.63) is 11.9 Å². The summed E-state index contributed by atoms with van der Waals surface area (Å²) in [7, 11) is 0. The molecule has 0 N–H and O–H groups in total. The van der Waals surface area contributed by atoms with Gasteiger partial charge in [-0.05, 0) is 67.3 Å². The fourth-order valence-corrected chi connectivity index (χ4v) is 6.46. The lowest BCUT2D eigenvalue weighted by Crippen LogP contribution is -2.52. The van der Waals surface area contributed by atoms with Gasteiger partial charge in [0.15, 0.2) is 11.6 Å². The highest BCUT2D eigenvalue weighted by atomic mass is 19.1. The van der Waals surface area contributed by atoms with Gasteiger partial charge in [-0.1, -0.05) is 13.8 Å². The van der Waals surface area contributed by atoms with Crippen molar-refractivity contribution in [2.24, 2.45) is 34.5 Å². The van der Waals surface area contributed by atoms with Crippen LogP contribution in [0.2, 0.25) is 0 Å². The molecule has 3 fully saturated rings. The van der Waals surface area contributed by atoms with E-state index >= 15 is 0 Å². The van der Waals surface area contributed by atoms with E-state index in [1.807, 2.05) is 0 Å². The molecule has 22 heavy (non-hydrogen) atoms. The third-order valence-electron chi connectivity index (χ3n) is 7.81. The summed E-state index contributed by atoms with van der Waals surface area (Å²) in [4.78, 5) is 24.1. The van der Waals surface area contributed by atoms with Crippen molar-refractivity contribution in [2.75, 3.05) is 0 Å². The monoisotopic (exact) mass is 304 g/mol. The van der Waals surface area contributed by atoms with Gasteiger partial charge in [-0.2, -0.15) is 0 Å². The second-order valence-electron chi connectivity index (χ2n) is 8.55. The van der Waals surface area contributed by atoms with Crippen molar-refractivity contribution < 1.29 is 14.0 Å². The molecule has 0 amide bonds. The van der Waals surface area contributed by atoms with Gasteiger partial charge in [0.1, 0.15) is 5.78 Å². The van der Waals surface area contributed by atoms with Crippen LogP contribution < -0.4 is 0 Å². The first-order valence-corrected chi connectivity index (χ1v) is 8.81. The summed E-state index contributed by atoms with van der Waals surface area (Å²) >= 11 is 0. The Kier molecular flexibility index (Phi) is 3.00. The van der Waals surface area contributed by atoms with Crippen LogP contribution >= 0.6 is 0 Å². The van der Waals surface area contributed by atoms with E-state index in [1.165, 1.54) is 0 Å². The maximum absolute atomic E-state index is 14.0. The molecule has 3 saturated carbocycles. The maximum Gasteiger partial charge on any atom is 0.191 e. The molecule has 4 aliphatic carbocycles. The first kappa shape index (κ1) is 14.6. The Morgan fingerprint density at radius 1 is 1.09 bits per heavy atom.